The van der Waals surface area contributed by atoms with Crippen LogP contribution < -0.4 is 0 Å². The first-order valence-corrected chi connectivity index (χ1v) is 7.31. The summed E-state index contributed by atoms with van der Waals surface area (Å²) in [5, 5.41) is 16.6. The van der Waals surface area contributed by atoms with Gasteiger partial charge in [-0.25, -0.2) is 4.98 Å². The van der Waals surface area contributed by atoms with Crippen LogP contribution in [0, 0.1) is 0 Å². The lowest BCUT2D eigenvalue weighted by Crippen LogP contribution is -2.26. The maximum absolute atomic E-state index is 9.30. The van der Waals surface area contributed by atoms with Crippen molar-refractivity contribution in [3.8, 4) is 10.6 Å². The van der Waals surface area contributed by atoms with Gasteiger partial charge in [0.25, 0.3) is 0 Å². The third-order valence-electron chi connectivity index (χ3n) is 2.33. The smallest absolute Gasteiger partial charge is 0.124 e. The Hall–Kier alpha value is -0.750. The molecule has 1 unspecified atom stereocenters. The molecule has 0 bridgehead atoms. The number of hydrogen-bond donors (Lipinski definition) is 1. The molecule has 0 fully saturated rings. The van der Waals surface area contributed by atoms with E-state index in [1.807, 2.05) is 7.05 Å². The molecule has 0 aliphatic rings. The highest BCUT2D eigenvalue weighted by Crippen LogP contribution is 2.25. The van der Waals surface area contributed by atoms with Gasteiger partial charge < -0.3 is 5.11 Å². The van der Waals surface area contributed by atoms with E-state index >= 15 is 0 Å². The molecule has 0 saturated carbocycles. The van der Waals surface area contributed by atoms with Crippen LogP contribution in [0.2, 0.25) is 0 Å². The van der Waals surface area contributed by atoms with E-state index < -0.39 is 0 Å². The summed E-state index contributed by atoms with van der Waals surface area (Å²) in [5.74, 6) is 0. The normalized spacial score (nSPS) is 13.2. The molecule has 0 aromatic carbocycles. The van der Waals surface area contributed by atoms with E-state index in [0.717, 1.165) is 17.2 Å². The molecular weight excluding hydrogens is 252 g/mol. The Morgan fingerprint density at radius 2 is 2.29 bits per heavy atom. The average Bonchev–Trinajstić information content (AvgIpc) is 2.84. The van der Waals surface area contributed by atoms with Gasteiger partial charge in [0, 0.05) is 29.4 Å². The number of hydrogen-bond acceptors (Lipinski definition) is 5. The summed E-state index contributed by atoms with van der Waals surface area (Å²) in [6.07, 6.45) is -0.296. The van der Waals surface area contributed by atoms with E-state index in [1.54, 1.807) is 29.6 Å². The molecule has 0 amide bonds. The fourth-order valence-corrected chi connectivity index (χ4v) is 3.21. The molecular formula is C12H16N2OS2. The zero-order valence-corrected chi connectivity index (χ0v) is 11.6. The van der Waals surface area contributed by atoms with Crippen molar-refractivity contribution in [1.82, 2.24) is 9.88 Å². The Morgan fingerprint density at radius 3 is 2.94 bits per heavy atom. The van der Waals surface area contributed by atoms with Gasteiger partial charge in [-0.15, -0.1) is 11.3 Å². The lowest BCUT2D eigenvalue weighted by atomic mass is 10.3. The zero-order valence-electron chi connectivity index (χ0n) is 9.96. The highest BCUT2D eigenvalue weighted by atomic mass is 32.1. The summed E-state index contributed by atoms with van der Waals surface area (Å²) in [4.78, 5) is 6.68. The molecule has 0 spiro atoms. The second-order valence-corrected chi connectivity index (χ2v) is 5.84. The second-order valence-electron chi connectivity index (χ2n) is 4.20. The molecule has 1 N–H and O–H groups in total. The maximum Gasteiger partial charge on any atom is 0.124 e. The molecule has 17 heavy (non-hydrogen) atoms. The first kappa shape index (κ1) is 12.7. The van der Waals surface area contributed by atoms with Crippen molar-refractivity contribution < 1.29 is 5.11 Å². The Bertz CT molecular complexity index is 451. The van der Waals surface area contributed by atoms with Crippen LogP contribution in [-0.4, -0.2) is 34.7 Å². The van der Waals surface area contributed by atoms with Gasteiger partial charge in [-0.3, -0.25) is 4.90 Å². The molecule has 2 heterocycles. The van der Waals surface area contributed by atoms with Gasteiger partial charge in [0.15, 0.2) is 0 Å². The van der Waals surface area contributed by atoms with Crippen LogP contribution in [0.15, 0.2) is 22.2 Å². The van der Waals surface area contributed by atoms with Gasteiger partial charge in [-0.1, -0.05) is 0 Å². The largest absolute Gasteiger partial charge is 0.392 e. The maximum atomic E-state index is 9.30. The van der Waals surface area contributed by atoms with E-state index in [9.17, 15) is 5.11 Å². The Morgan fingerprint density at radius 1 is 1.47 bits per heavy atom. The van der Waals surface area contributed by atoms with E-state index in [-0.39, 0.29) is 6.10 Å². The molecule has 2 rings (SSSR count). The zero-order chi connectivity index (χ0) is 12.3. The third-order valence-corrected chi connectivity index (χ3v) is 3.95. The number of rotatable bonds is 5. The quantitative estimate of drug-likeness (QED) is 0.905. The minimum Gasteiger partial charge on any atom is -0.392 e. The van der Waals surface area contributed by atoms with Gasteiger partial charge in [0.05, 0.1) is 11.8 Å². The van der Waals surface area contributed by atoms with Crippen LogP contribution in [0.1, 0.15) is 12.6 Å². The van der Waals surface area contributed by atoms with Crippen LogP contribution >= 0.6 is 22.7 Å². The molecule has 0 aliphatic heterocycles. The van der Waals surface area contributed by atoms with Crippen molar-refractivity contribution in [1.29, 1.82) is 0 Å². The van der Waals surface area contributed by atoms with E-state index in [4.69, 9.17) is 0 Å². The topological polar surface area (TPSA) is 36.4 Å². The molecule has 92 valence electrons. The molecule has 2 aromatic heterocycles. The van der Waals surface area contributed by atoms with Crippen molar-refractivity contribution >= 4 is 22.7 Å². The van der Waals surface area contributed by atoms with Gasteiger partial charge in [-0.2, -0.15) is 11.3 Å². The number of aliphatic hydroxyl groups is 1. The summed E-state index contributed by atoms with van der Waals surface area (Å²) < 4.78 is 0. The lowest BCUT2D eigenvalue weighted by molar-refractivity contribution is 0.138. The Kier molecular flexibility index (Phi) is 4.28. The van der Waals surface area contributed by atoms with Crippen molar-refractivity contribution in [2.45, 2.75) is 19.6 Å². The van der Waals surface area contributed by atoms with E-state index in [2.05, 4.69) is 32.1 Å². The van der Waals surface area contributed by atoms with E-state index in [1.165, 1.54) is 5.56 Å². The van der Waals surface area contributed by atoms with Crippen LogP contribution in [0.3, 0.4) is 0 Å². The number of aliphatic hydroxyl groups excluding tert-OH is 1. The second kappa shape index (κ2) is 5.73. The summed E-state index contributed by atoms with van der Waals surface area (Å²) in [5.41, 5.74) is 2.27. The average molecular weight is 268 g/mol. The number of nitrogens with zero attached hydrogens (tertiary/aromatic N) is 2. The fraction of sp³-hybridized carbons (Fsp3) is 0.417. The standard InChI is InChI=1S/C12H16N2OS2/c1-9(15)5-14(2)6-11-8-17-12(13-11)10-3-4-16-7-10/h3-4,7-9,15H,5-6H2,1-2H3. The van der Waals surface area contributed by atoms with Gasteiger partial charge in [0.1, 0.15) is 5.01 Å². The molecule has 0 aliphatic carbocycles. The molecule has 0 radical (unpaired) electrons. The monoisotopic (exact) mass is 268 g/mol. The highest BCUT2D eigenvalue weighted by Gasteiger charge is 2.08. The molecule has 5 heteroatoms. The van der Waals surface area contributed by atoms with Crippen LogP contribution in [0.4, 0.5) is 0 Å². The first-order chi connectivity index (χ1) is 8.15. The summed E-state index contributed by atoms with van der Waals surface area (Å²) in [6, 6.07) is 2.09. The van der Waals surface area contributed by atoms with Crippen molar-refractivity contribution in [3.05, 3.63) is 27.9 Å². The highest BCUT2D eigenvalue weighted by molar-refractivity contribution is 7.14. The minimum absolute atomic E-state index is 0.296. The van der Waals surface area contributed by atoms with Crippen molar-refractivity contribution in [3.63, 3.8) is 0 Å². The predicted octanol–water partition coefficient (Wildman–Crippen LogP) is 2.68. The molecule has 1 atom stereocenters. The van der Waals surface area contributed by atoms with Crippen LogP contribution in [-0.2, 0) is 6.54 Å². The number of likely N-dealkylation sites (N-methyl/N-ethyl adjacent to an activating group) is 1. The van der Waals surface area contributed by atoms with Gasteiger partial charge in [0.2, 0.25) is 0 Å². The number of thiazole rings is 1. The predicted molar refractivity (Wildman–Crippen MR) is 73.4 cm³/mol. The molecule has 3 nitrogen and oxygen atoms in total. The number of aromatic nitrogens is 1. The third kappa shape index (κ3) is 3.61. The Balaban J connectivity index is 1.99. The minimum atomic E-state index is -0.296. The van der Waals surface area contributed by atoms with Crippen molar-refractivity contribution in [2.24, 2.45) is 0 Å². The van der Waals surface area contributed by atoms with Gasteiger partial charge in [-0.05, 0) is 25.4 Å². The summed E-state index contributed by atoms with van der Waals surface area (Å²) >= 11 is 3.36. The Labute approximate surface area is 109 Å². The van der Waals surface area contributed by atoms with E-state index in [0.29, 0.717) is 6.54 Å². The molecule has 0 saturated heterocycles. The van der Waals surface area contributed by atoms with Crippen molar-refractivity contribution in [2.75, 3.05) is 13.6 Å². The summed E-state index contributed by atoms with van der Waals surface area (Å²) in [7, 11) is 2.00. The summed E-state index contributed by atoms with van der Waals surface area (Å²) in [6.45, 7) is 3.26. The number of thiophene rings is 1. The van der Waals surface area contributed by atoms with Crippen LogP contribution in [0.5, 0.6) is 0 Å². The SMILES string of the molecule is CC(O)CN(C)Cc1csc(-c2ccsc2)n1. The molecule has 2 aromatic rings. The fourth-order valence-electron chi connectivity index (χ4n) is 1.69. The van der Waals surface area contributed by atoms with Crippen LogP contribution in [0.25, 0.3) is 10.6 Å². The lowest BCUT2D eigenvalue weighted by Gasteiger charge is -2.16. The van der Waals surface area contributed by atoms with Gasteiger partial charge >= 0.3 is 0 Å². The first-order valence-electron chi connectivity index (χ1n) is 5.48.